The molecule has 0 aromatic carbocycles. The number of ketones is 1. The van der Waals surface area contributed by atoms with E-state index >= 15 is 0 Å². The summed E-state index contributed by atoms with van der Waals surface area (Å²) in [6.45, 7) is 2.81. The lowest BCUT2D eigenvalue weighted by Crippen LogP contribution is -2.25. The highest BCUT2D eigenvalue weighted by molar-refractivity contribution is 5.97. The van der Waals surface area contributed by atoms with Gasteiger partial charge in [0.2, 0.25) is 0 Å². The molecule has 1 aliphatic heterocycles. The van der Waals surface area contributed by atoms with Gasteiger partial charge < -0.3 is 4.74 Å². The zero-order valence-corrected chi connectivity index (χ0v) is 10.0. The molecule has 1 fully saturated rings. The molecular formula is C13H16N2O2. The van der Waals surface area contributed by atoms with Gasteiger partial charge >= 0.3 is 0 Å². The zero-order chi connectivity index (χ0) is 11.9. The van der Waals surface area contributed by atoms with E-state index in [1.807, 2.05) is 6.92 Å². The van der Waals surface area contributed by atoms with Crippen molar-refractivity contribution in [2.24, 2.45) is 0 Å². The number of hydrogen-bond acceptors (Lipinski definition) is 4. The van der Waals surface area contributed by atoms with Crippen molar-refractivity contribution in [1.82, 2.24) is 9.97 Å². The normalized spacial score (nSPS) is 28.2. The van der Waals surface area contributed by atoms with Crippen LogP contribution in [0, 0.1) is 0 Å². The Bertz CT molecular complexity index is 464. The van der Waals surface area contributed by atoms with Crippen LogP contribution in [0.5, 0.6) is 0 Å². The summed E-state index contributed by atoms with van der Waals surface area (Å²) in [4.78, 5) is 20.6. The van der Waals surface area contributed by atoms with Gasteiger partial charge in [0.05, 0.1) is 11.3 Å². The van der Waals surface area contributed by atoms with E-state index in [1.54, 1.807) is 6.20 Å². The largest absolute Gasteiger partial charge is 0.367 e. The molecule has 1 atom stereocenters. The summed E-state index contributed by atoms with van der Waals surface area (Å²) in [5.41, 5.74) is 1.26. The highest BCUT2D eigenvalue weighted by Gasteiger charge is 2.35. The van der Waals surface area contributed by atoms with Gasteiger partial charge in [0.1, 0.15) is 5.60 Å². The average molecular weight is 232 g/mol. The Kier molecular flexibility index (Phi) is 2.47. The smallest absolute Gasteiger partial charge is 0.166 e. The first kappa shape index (κ1) is 10.8. The van der Waals surface area contributed by atoms with E-state index < -0.39 is 0 Å². The fourth-order valence-corrected chi connectivity index (χ4v) is 2.60. The third kappa shape index (κ3) is 1.76. The molecule has 0 bridgehead atoms. The van der Waals surface area contributed by atoms with Crippen LogP contribution in [0.4, 0.5) is 0 Å². The Labute approximate surface area is 100 Å². The lowest BCUT2D eigenvalue weighted by atomic mass is 9.95. The van der Waals surface area contributed by atoms with Gasteiger partial charge in [-0.1, -0.05) is 0 Å². The molecule has 0 N–H and O–H groups in total. The molecule has 17 heavy (non-hydrogen) atoms. The fraction of sp³-hybridized carbons (Fsp3) is 0.615. The zero-order valence-electron chi connectivity index (χ0n) is 10.0. The number of aryl methyl sites for hydroxylation is 1. The number of carbonyl (C=O) groups excluding carboxylic acids is 1. The average Bonchev–Trinajstić information content (AvgIpc) is 2.77. The molecule has 1 unspecified atom stereocenters. The van der Waals surface area contributed by atoms with E-state index in [2.05, 4.69) is 9.97 Å². The Balaban J connectivity index is 2.00. The first-order valence-electron chi connectivity index (χ1n) is 6.23. The summed E-state index contributed by atoms with van der Waals surface area (Å²) >= 11 is 0. The second kappa shape index (κ2) is 3.88. The molecule has 4 heteroatoms. The van der Waals surface area contributed by atoms with Crippen molar-refractivity contribution in [2.75, 3.05) is 6.61 Å². The van der Waals surface area contributed by atoms with E-state index in [0.717, 1.165) is 43.8 Å². The number of rotatable bonds is 1. The number of carbonyl (C=O) groups is 1. The van der Waals surface area contributed by atoms with Crippen LogP contribution in [0.1, 0.15) is 54.5 Å². The summed E-state index contributed by atoms with van der Waals surface area (Å²) in [7, 11) is 0. The van der Waals surface area contributed by atoms with Crippen molar-refractivity contribution in [3.63, 3.8) is 0 Å². The van der Waals surface area contributed by atoms with Gasteiger partial charge in [-0.3, -0.25) is 4.79 Å². The van der Waals surface area contributed by atoms with Gasteiger partial charge in [0.25, 0.3) is 0 Å². The van der Waals surface area contributed by atoms with Crippen molar-refractivity contribution in [1.29, 1.82) is 0 Å². The highest BCUT2D eigenvalue weighted by Crippen LogP contribution is 2.34. The maximum Gasteiger partial charge on any atom is 0.166 e. The van der Waals surface area contributed by atoms with E-state index in [-0.39, 0.29) is 11.4 Å². The first-order valence-corrected chi connectivity index (χ1v) is 6.23. The van der Waals surface area contributed by atoms with Gasteiger partial charge in [-0.25, -0.2) is 9.97 Å². The number of fused-ring (bicyclic) bond motifs is 1. The van der Waals surface area contributed by atoms with Crippen LogP contribution in [0.3, 0.4) is 0 Å². The Morgan fingerprint density at radius 1 is 1.35 bits per heavy atom. The molecular weight excluding hydrogens is 216 g/mol. The van der Waals surface area contributed by atoms with E-state index in [0.29, 0.717) is 12.0 Å². The predicted molar refractivity (Wildman–Crippen MR) is 61.8 cm³/mol. The quantitative estimate of drug-likeness (QED) is 0.743. The van der Waals surface area contributed by atoms with E-state index in [4.69, 9.17) is 4.74 Å². The molecule has 2 aliphatic rings. The topological polar surface area (TPSA) is 52.1 Å². The molecule has 1 aromatic heterocycles. The molecule has 1 aliphatic carbocycles. The minimum atomic E-state index is -0.352. The van der Waals surface area contributed by atoms with Crippen LogP contribution in [0.2, 0.25) is 0 Å². The molecule has 0 radical (unpaired) electrons. The van der Waals surface area contributed by atoms with E-state index in [9.17, 15) is 4.79 Å². The number of ether oxygens (including phenoxy) is 1. The minimum absolute atomic E-state index is 0.176. The standard InChI is InChI=1S/C13H16N2O2/c1-13(6-3-7-17-13)12-14-8-9-10(15-12)4-2-5-11(9)16/h8H,2-7H2,1H3. The molecule has 1 saturated heterocycles. The van der Waals surface area contributed by atoms with Crippen LogP contribution < -0.4 is 0 Å². The van der Waals surface area contributed by atoms with Crippen LogP contribution in [-0.4, -0.2) is 22.4 Å². The number of aromatic nitrogens is 2. The van der Waals surface area contributed by atoms with Crippen molar-refractivity contribution in [3.05, 3.63) is 23.3 Å². The molecule has 90 valence electrons. The van der Waals surface area contributed by atoms with Crippen molar-refractivity contribution in [3.8, 4) is 0 Å². The van der Waals surface area contributed by atoms with E-state index in [1.165, 1.54) is 0 Å². The molecule has 2 heterocycles. The molecule has 1 aromatic rings. The van der Waals surface area contributed by atoms with Crippen molar-refractivity contribution >= 4 is 5.78 Å². The van der Waals surface area contributed by atoms with Gasteiger partial charge in [0, 0.05) is 19.2 Å². The van der Waals surface area contributed by atoms with Gasteiger partial charge in [-0.15, -0.1) is 0 Å². The second-order valence-corrected chi connectivity index (χ2v) is 5.01. The molecule has 0 spiro atoms. The Morgan fingerprint density at radius 3 is 3.00 bits per heavy atom. The molecule has 0 amide bonds. The van der Waals surface area contributed by atoms with Gasteiger partial charge in [-0.05, 0) is 32.6 Å². The SMILES string of the molecule is CC1(c2ncc3c(n2)CCCC3=O)CCCO1. The summed E-state index contributed by atoms with van der Waals surface area (Å²) in [6.07, 6.45) is 6.11. The highest BCUT2D eigenvalue weighted by atomic mass is 16.5. The number of hydrogen-bond donors (Lipinski definition) is 0. The Hall–Kier alpha value is -1.29. The van der Waals surface area contributed by atoms with Crippen molar-refractivity contribution < 1.29 is 9.53 Å². The third-order valence-electron chi connectivity index (χ3n) is 3.68. The number of Topliss-reactive ketones (excluding diaryl/α,β-unsaturated/α-hetero) is 1. The Morgan fingerprint density at radius 2 is 2.24 bits per heavy atom. The lowest BCUT2D eigenvalue weighted by molar-refractivity contribution is 0.00905. The fourth-order valence-electron chi connectivity index (χ4n) is 2.60. The molecule has 4 nitrogen and oxygen atoms in total. The maximum absolute atomic E-state index is 11.7. The number of nitrogens with zero attached hydrogens (tertiary/aromatic N) is 2. The molecule has 3 rings (SSSR count). The van der Waals surface area contributed by atoms with Crippen LogP contribution in [-0.2, 0) is 16.8 Å². The van der Waals surface area contributed by atoms with Crippen LogP contribution in [0.15, 0.2) is 6.20 Å². The summed E-state index contributed by atoms with van der Waals surface area (Å²) in [5.74, 6) is 0.916. The summed E-state index contributed by atoms with van der Waals surface area (Å²) in [6, 6.07) is 0. The minimum Gasteiger partial charge on any atom is -0.367 e. The predicted octanol–water partition coefficient (Wildman–Crippen LogP) is 2.02. The van der Waals surface area contributed by atoms with Crippen LogP contribution >= 0.6 is 0 Å². The third-order valence-corrected chi connectivity index (χ3v) is 3.68. The summed E-state index contributed by atoms with van der Waals surface area (Å²) in [5, 5.41) is 0. The van der Waals surface area contributed by atoms with Gasteiger partial charge in [-0.2, -0.15) is 0 Å². The van der Waals surface area contributed by atoms with Crippen LogP contribution in [0.25, 0.3) is 0 Å². The monoisotopic (exact) mass is 232 g/mol. The first-order chi connectivity index (χ1) is 8.19. The maximum atomic E-state index is 11.7. The second-order valence-electron chi connectivity index (χ2n) is 5.01. The van der Waals surface area contributed by atoms with Crippen molar-refractivity contribution in [2.45, 2.75) is 44.6 Å². The lowest BCUT2D eigenvalue weighted by Gasteiger charge is -2.23. The molecule has 0 saturated carbocycles. The van der Waals surface area contributed by atoms with Gasteiger partial charge in [0.15, 0.2) is 11.6 Å². The summed E-state index contributed by atoms with van der Waals surface area (Å²) < 4.78 is 5.73.